The van der Waals surface area contributed by atoms with Gasteiger partial charge in [-0.2, -0.15) is 0 Å². The van der Waals surface area contributed by atoms with Crippen molar-refractivity contribution in [2.24, 2.45) is 5.73 Å². The van der Waals surface area contributed by atoms with Crippen LogP contribution in [0.15, 0.2) is 24.3 Å². The van der Waals surface area contributed by atoms with Crippen molar-refractivity contribution in [1.82, 2.24) is 10.2 Å². The summed E-state index contributed by atoms with van der Waals surface area (Å²) in [5, 5.41) is 2.82. The molecule has 1 fully saturated rings. The van der Waals surface area contributed by atoms with Crippen LogP contribution in [0.25, 0.3) is 0 Å². The molecule has 7 heteroatoms. The number of rotatable bonds is 5. The van der Waals surface area contributed by atoms with Crippen LogP contribution in [-0.2, 0) is 4.79 Å². The number of carbonyl (C=O) groups is 1. The maximum absolute atomic E-state index is 12.9. The highest BCUT2D eigenvalue weighted by Crippen LogP contribution is 2.16. The van der Waals surface area contributed by atoms with E-state index >= 15 is 0 Å². The highest BCUT2D eigenvalue weighted by atomic mass is 35.5. The first-order valence-electron chi connectivity index (χ1n) is 7.32. The Balaban J connectivity index is 0.00000242. The Hall–Kier alpha value is -1.37. The quantitative estimate of drug-likeness (QED) is 0.839. The number of hydrogen-bond donors (Lipinski definition) is 2. The van der Waals surface area contributed by atoms with E-state index in [2.05, 4.69) is 15.1 Å². The van der Waals surface area contributed by atoms with Crippen LogP contribution in [0.1, 0.15) is 6.92 Å². The predicted molar refractivity (Wildman–Crippen MR) is 89.0 cm³/mol. The third-order valence-electron chi connectivity index (χ3n) is 3.70. The molecule has 1 amide bonds. The summed E-state index contributed by atoms with van der Waals surface area (Å²) in [5.74, 6) is -0.317. The monoisotopic (exact) mass is 330 g/mol. The Morgan fingerprint density at radius 1 is 1.27 bits per heavy atom. The first-order chi connectivity index (χ1) is 10.1. The molecular formula is C15H24ClFN4O. The Bertz CT molecular complexity index is 461. The van der Waals surface area contributed by atoms with Crippen LogP contribution in [0.2, 0.25) is 0 Å². The van der Waals surface area contributed by atoms with Crippen molar-refractivity contribution in [3.05, 3.63) is 30.1 Å². The molecule has 1 saturated heterocycles. The molecule has 0 aliphatic carbocycles. The molecule has 1 unspecified atom stereocenters. The van der Waals surface area contributed by atoms with Gasteiger partial charge in [-0.1, -0.05) is 0 Å². The number of anilines is 1. The van der Waals surface area contributed by atoms with Gasteiger partial charge in [0.1, 0.15) is 5.82 Å². The van der Waals surface area contributed by atoms with Crippen molar-refractivity contribution >= 4 is 24.0 Å². The van der Waals surface area contributed by atoms with Gasteiger partial charge in [0.25, 0.3) is 0 Å². The fourth-order valence-corrected chi connectivity index (χ4v) is 2.38. The molecule has 0 spiro atoms. The summed E-state index contributed by atoms with van der Waals surface area (Å²) in [4.78, 5) is 15.9. The minimum absolute atomic E-state index is 0. The van der Waals surface area contributed by atoms with E-state index in [0.29, 0.717) is 6.54 Å². The topological polar surface area (TPSA) is 61.6 Å². The summed E-state index contributed by atoms with van der Waals surface area (Å²) in [6.45, 7) is 6.82. The molecule has 1 aromatic carbocycles. The van der Waals surface area contributed by atoms with Gasteiger partial charge in [-0.3, -0.25) is 9.69 Å². The number of amides is 1. The van der Waals surface area contributed by atoms with E-state index in [1.807, 2.05) is 12.1 Å². The van der Waals surface area contributed by atoms with Gasteiger partial charge in [-0.05, 0) is 31.2 Å². The predicted octanol–water partition coefficient (Wildman–Crippen LogP) is 0.833. The second kappa shape index (κ2) is 8.92. The average Bonchev–Trinajstić information content (AvgIpc) is 2.48. The minimum atomic E-state index is -0.458. The SMILES string of the molecule is CC(N)C(=O)NCCN1CCN(c2ccc(F)cc2)CC1.Cl. The second-order valence-corrected chi connectivity index (χ2v) is 5.38. The van der Waals surface area contributed by atoms with Gasteiger partial charge in [0, 0.05) is 45.0 Å². The molecule has 3 N–H and O–H groups in total. The highest BCUT2D eigenvalue weighted by Gasteiger charge is 2.17. The van der Waals surface area contributed by atoms with Gasteiger partial charge in [0.05, 0.1) is 6.04 Å². The lowest BCUT2D eigenvalue weighted by atomic mass is 10.2. The van der Waals surface area contributed by atoms with Crippen LogP contribution >= 0.6 is 12.4 Å². The molecule has 2 rings (SSSR count). The van der Waals surface area contributed by atoms with Crippen molar-refractivity contribution in [2.75, 3.05) is 44.2 Å². The molecule has 1 aromatic rings. The van der Waals surface area contributed by atoms with Crippen molar-refractivity contribution in [3.8, 4) is 0 Å². The van der Waals surface area contributed by atoms with Gasteiger partial charge < -0.3 is 16.0 Å². The molecule has 0 aromatic heterocycles. The standard InChI is InChI=1S/C15H23FN4O.ClH/c1-12(17)15(21)18-6-7-19-8-10-20(11-9-19)14-4-2-13(16)3-5-14;/h2-5,12H,6-11,17H2,1H3,(H,18,21);1H. The number of carbonyl (C=O) groups excluding carboxylic acids is 1. The summed E-state index contributed by atoms with van der Waals surface area (Å²) in [5.41, 5.74) is 6.55. The molecule has 5 nitrogen and oxygen atoms in total. The summed E-state index contributed by atoms with van der Waals surface area (Å²) in [6.07, 6.45) is 0. The van der Waals surface area contributed by atoms with E-state index in [1.54, 1.807) is 6.92 Å². The number of nitrogens with zero attached hydrogens (tertiary/aromatic N) is 2. The normalized spacial score (nSPS) is 16.8. The van der Waals surface area contributed by atoms with Gasteiger partial charge in [0.15, 0.2) is 0 Å². The largest absolute Gasteiger partial charge is 0.369 e. The smallest absolute Gasteiger partial charge is 0.236 e. The zero-order chi connectivity index (χ0) is 15.2. The van der Waals surface area contributed by atoms with Crippen LogP contribution in [0.3, 0.4) is 0 Å². The third kappa shape index (κ3) is 5.44. The number of halogens is 2. The van der Waals surface area contributed by atoms with E-state index < -0.39 is 6.04 Å². The lowest BCUT2D eigenvalue weighted by Gasteiger charge is -2.36. The van der Waals surface area contributed by atoms with E-state index in [4.69, 9.17) is 5.73 Å². The number of benzene rings is 1. The first-order valence-corrected chi connectivity index (χ1v) is 7.32. The van der Waals surface area contributed by atoms with Crippen LogP contribution < -0.4 is 16.0 Å². The van der Waals surface area contributed by atoms with E-state index in [0.717, 1.165) is 38.4 Å². The Labute approximate surface area is 137 Å². The molecule has 0 saturated carbocycles. The number of nitrogens with two attached hydrogens (primary N) is 1. The van der Waals surface area contributed by atoms with Crippen molar-refractivity contribution in [2.45, 2.75) is 13.0 Å². The van der Waals surface area contributed by atoms with E-state index in [-0.39, 0.29) is 24.1 Å². The highest BCUT2D eigenvalue weighted by molar-refractivity contribution is 5.85. The number of nitrogens with one attached hydrogen (secondary N) is 1. The average molecular weight is 331 g/mol. The zero-order valence-electron chi connectivity index (χ0n) is 12.8. The zero-order valence-corrected chi connectivity index (χ0v) is 13.6. The Morgan fingerprint density at radius 2 is 1.86 bits per heavy atom. The second-order valence-electron chi connectivity index (χ2n) is 5.38. The lowest BCUT2D eigenvalue weighted by molar-refractivity contribution is -0.122. The first kappa shape index (κ1) is 18.7. The Kier molecular flexibility index (Phi) is 7.58. The van der Waals surface area contributed by atoms with Crippen molar-refractivity contribution < 1.29 is 9.18 Å². The van der Waals surface area contributed by atoms with Crippen LogP contribution in [0, 0.1) is 5.82 Å². The number of piperazine rings is 1. The molecule has 1 aliphatic heterocycles. The molecule has 22 heavy (non-hydrogen) atoms. The van der Waals surface area contributed by atoms with Crippen LogP contribution in [0.4, 0.5) is 10.1 Å². The number of hydrogen-bond acceptors (Lipinski definition) is 4. The summed E-state index contributed by atoms with van der Waals surface area (Å²) < 4.78 is 12.9. The molecule has 124 valence electrons. The van der Waals surface area contributed by atoms with Crippen molar-refractivity contribution in [3.63, 3.8) is 0 Å². The fourth-order valence-electron chi connectivity index (χ4n) is 2.38. The maximum Gasteiger partial charge on any atom is 0.236 e. The fraction of sp³-hybridized carbons (Fsp3) is 0.533. The molecule has 1 atom stereocenters. The van der Waals surface area contributed by atoms with Gasteiger partial charge >= 0.3 is 0 Å². The van der Waals surface area contributed by atoms with Crippen LogP contribution in [0.5, 0.6) is 0 Å². The lowest BCUT2D eigenvalue weighted by Crippen LogP contribution is -2.49. The summed E-state index contributed by atoms with van der Waals surface area (Å²) >= 11 is 0. The van der Waals surface area contributed by atoms with Gasteiger partial charge in [-0.15, -0.1) is 12.4 Å². The molecule has 1 heterocycles. The minimum Gasteiger partial charge on any atom is -0.369 e. The van der Waals surface area contributed by atoms with Crippen LogP contribution in [-0.4, -0.2) is 56.1 Å². The molecular weight excluding hydrogens is 307 g/mol. The molecule has 0 radical (unpaired) electrons. The van der Waals surface area contributed by atoms with Crippen molar-refractivity contribution in [1.29, 1.82) is 0 Å². The van der Waals surface area contributed by atoms with Gasteiger partial charge in [0.2, 0.25) is 5.91 Å². The van der Waals surface area contributed by atoms with Gasteiger partial charge in [-0.25, -0.2) is 4.39 Å². The third-order valence-corrected chi connectivity index (χ3v) is 3.70. The summed E-state index contributed by atoms with van der Waals surface area (Å²) in [6, 6.07) is 6.15. The molecule has 0 bridgehead atoms. The van der Waals surface area contributed by atoms with E-state index in [1.165, 1.54) is 12.1 Å². The summed E-state index contributed by atoms with van der Waals surface area (Å²) in [7, 11) is 0. The van der Waals surface area contributed by atoms with E-state index in [9.17, 15) is 9.18 Å². The Morgan fingerprint density at radius 3 is 2.41 bits per heavy atom. The molecule has 1 aliphatic rings. The maximum atomic E-state index is 12.9.